The van der Waals surface area contributed by atoms with Crippen LogP contribution in [0, 0.1) is 6.92 Å². The zero-order valence-electron chi connectivity index (χ0n) is 10.8. The van der Waals surface area contributed by atoms with Crippen molar-refractivity contribution in [2.75, 3.05) is 18.0 Å². The molecule has 0 spiro atoms. The number of nitrogens with zero attached hydrogens (tertiary/aromatic N) is 3. The van der Waals surface area contributed by atoms with Crippen molar-refractivity contribution >= 4 is 5.82 Å². The Kier molecular flexibility index (Phi) is 3.94. The lowest BCUT2D eigenvalue weighted by molar-refractivity contribution is 0.461. The van der Waals surface area contributed by atoms with Gasteiger partial charge in [0.25, 0.3) is 0 Å². The van der Waals surface area contributed by atoms with Crippen LogP contribution in [0.1, 0.15) is 37.7 Å². The molecule has 0 saturated carbocycles. The summed E-state index contributed by atoms with van der Waals surface area (Å²) >= 11 is 0. The number of piperidine rings is 1. The van der Waals surface area contributed by atoms with Crippen LogP contribution >= 0.6 is 0 Å². The van der Waals surface area contributed by atoms with Crippen LogP contribution in [0.4, 0.5) is 5.82 Å². The van der Waals surface area contributed by atoms with Gasteiger partial charge in [-0.15, -0.1) is 0 Å². The summed E-state index contributed by atoms with van der Waals surface area (Å²) < 4.78 is 0. The lowest BCUT2D eigenvalue weighted by Gasteiger charge is -2.36. The highest BCUT2D eigenvalue weighted by atomic mass is 15.2. The molecule has 1 atom stereocenters. The average molecular weight is 234 g/mol. The normalized spacial score (nSPS) is 20.6. The summed E-state index contributed by atoms with van der Waals surface area (Å²) in [5, 5.41) is 0. The molecular formula is C13H22N4. The molecule has 2 N–H and O–H groups in total. The molecule has 1 fully saturated rings. The quantitative estimate of drug-likeness (QED) is 0.864. The van der Waals surface area contributed by atoms with Gasteiger partial charge in [-0.1, -0.05) is 6.92 Å². The van der Waals surface area contributed by atoms with Crippen molar-refractivity contribution in [1.82, 2.24) is 9.97 Å². The van der Waals surface area contributed by atoms with Gasteiger partial charge in [0.05, 0.1) is 0 Å². The molecule has 1 saturated heterocycles. The fourth-order valence-electron chi connectivity index (χ4n) is 2.49. The second-order valence-corrected chi connectivity index (χ2v) is 4.70. The second kappa shape index (κ2) is 5.45. The van der Waals surface area contributed by atoms with E-state index in [2.05, 4.69) is 27.9 Å². The van der Waals surface area contributed by atoms with E-state index in [-0.39, 0.29) is 0 Å². The minimum Gasteiger partial charge on any atom is -0.352 e. The highest BCUT2D eigenvalue weighted by Crippen LogP contribution is 2.23. The molecule has 17 heavy (non-hydrogen) atoms. The van der Waals surface area contributed by atoms with Crippen molar-refractivity contribution in [3.63, 3.8) is 0 Å². The second-order valence-electron chi connectivity index (χ2n) is 4.70. The molecule has 4 nitrogen and oxygen atoms in total. The van der Waals surface area contributed by atoms with Crippen LogP contribution in [0.15, 0.2) is 6.07 Å². The molecule has 4 heteroatoms. The Bertz CT molecular complexity index is 378. The van der Waals surface area contributed by atoms with E-state index in [1.807, 2.05) is 6.92 Å². The molecule has 0 amide bonds. The molecule has 0 radical (unpaired) electrons. The number of aromatic nitrogens is 2. The molecule has 94 valence electrons. The summed E-state index contributed by atoms with van der Waals surface area (Å²) in [4.78, 5) is 11.4. The largest absolute Gasteiger partial charge is 0.352 e. The number of aryl methyl sites for hydroxylation is 2. The van der Waals surface area contributed by atoms with Crippen LogP contribution < -0.4 is 10.6 Å². The summed E-state index contributed by atoms with van der Waals surface area (Å²) in [6, 6.07) is 2.56. The number of rotatable bonds is 3. The first-order chi connectivity index (χ1) is 8.24. The monoisotopic (exact) mass is 234 g/mol. The van der Waals surface area contributed by atoms with Crippen LogP contribution in [-0.4, -0.2) is 29.1 Å². The highest BCUT2D eigenvalue weighted by molar-refractivity contribution is 5.42. The van der Waals surface area contributed by atoms with E-state index in [0.717, 1.165) is 30.3 Å². The van der Waals surface area contributed by atoms with Gasteiger partial charge in [0.1, 0.15) is 11.6 Å². The molecule has 0 bridgehead atoms. The van der Waals surface area contributed by atoms with E-state index in [1.54, 1.807) is 0 Å². The number of hydrogen-bond donors (Lipinski definition) is 1. The summed E-state index contributed by atoms with van der Waals surface area (Å²) in [6.07, 6.45) is 4.66. The molecule has 0 aliphatic carbocycles. The first kappa shape index (κ1) is 12.3. The average Bonchev–Trinajstić information content (AvgIpc) is 2.37. The molecule has 2 rings (SSSR count). The van der Waals surface area contributed by atoms with Crippen molar-refractivity contribution in [2.24, 2.45) is 5.73 Å². The van der Waals surface area contributed by atoms with Gasteiger partial charge in [-0.3, -0.25) is 0 Å². The third-order valence-electron chi connectivity index (χ3n) is 3.43. The smallest absolute Gasteiger partial charge is 0.132 e. The SMILES string of the molecule is CCc1cc(N2CCCCC2CN)nc(C)n1. The van der Waals surface area contributed by atoms with E-state index in [9.17, 15) is 0 Å². The maximum absolute atomic E-state index is 5.85. The third kappa shape index (κ3) is 2.75. The number of anilines is 1. The molecule has 2 heterocycles. The molecule has 1 aromatic rings. The minimum absolute atomic E-state index is 0.447. The fourth-order valence-corrected chi connectivity index (χ4v) is 2.49. The van der Waals surface area contributed by atoms with Gasteiger partial charge in [-0.05, 0) is 32.6 Å². The van der Waals surface area contributed by atoms with Crippen LogP contribution in [-0.2, 0) is 6.42 Å². The predicted octanol–water partition coefficient (Wildman–Crippen LogP) is 1.67. The van der Waals surface area contributed by atoms with E-state index in [1.165, 1.54) is 19.3 Å². The third-order valence-corrected chi connectivity index (χ3v) is 3.43. The first-order valence-corrected chi connectivity index (χ1v) is 6.56. The standard InChI is InChI=1S/C13H22N4/c1-3-11-8-13(16-10(2)15-11)17-7-5-4-6-12(17)9-14/h8,12H,3-7,9,14H2,1-2H3. The zero-order chi connectivity index (χ0) is 12.3. The van der Waals surface area contributed by atoms with Crippen LogP contribution in [0.2, 0.25) is 0 Å². The van der Waals surface area contributed by atoms with Crippen molar-refractivity contribution in [3.05, 3.63) is 17.6 Å². The lowest BCUT2D eigenvalue weighted by atomic mass is 10.0. The Morgan fingerprint density at radius 3 is 2.94 bits per heavy atom. The lowest BCUT2D eigenvalue weighted by Crippen LogP contribution is -2.44. The summed E-state index contributed by atoms with van der Waals surface area (Å²) in [5.41, 5.74) is 6.97. The molecule has 0 aromatic carbocycles. The topological polar surface area (TPSA) is 55.0 Å². The van der Waals surface area contributed by atoms with Crippen molar-refractivity contribution < 1.29 is 0 Å². The van der Waals surface area contributed by atoms with Gasteiger partial charge in [0, 0.05) is 30.9 Å². The summed E-state index contributed by atoms with van der Waals surface area (Å²) in [5.74, 6) is 1.92. The predicted molar refractivity (Wildman–Crippen MR) is 70.2 cm³/mol. The Morgan fingerprint density at radius 2 is 2.24 bits per heavy atom. The molecule has 1 aromatic heterocycles. The van der Waals surface area contributed by atoms with Crippen molar-refractivity contribution in [3.8, 4) is 0 Å². The van der Waals surface area contributed by atoms with E-state index in [4.69, 9.17) is 5.73 Å². The zero-order valence-corrected chi connectivity index (χ0v) is 10.8. The van der Waals surface area contributed by atoms with Crippen LogP contribution in [0.25, 0.3) is 0 Å². The van der Waals surface area contributed by atoms with Crippen molar-refractivity contribution in [2.45, 2.75) is 45.6 Å². The Balaban J connectivity index is 2.27. The van der Waals surface area contributed by atoms with Gasteiger partial charge in [0.2, 0.25) is 0 Å². The first-order valence-electron chi connectivity index (χ1n) is 6.56. The minimum atomic E-state index is 0.447. The maximum Gasteiger partial charge on any atom is 0.132 e. The van der Waals surface area contributed by atoms with Gasteiger partial charge in [0.15, 0.2) is 0 Å². The number of hydrogen-bond acceptors (Lipinski definition) is 4. The fraction of sp³-hybridized carbons (Fsp3) is 0.692. The molecular weight excluding hydrogens is 212 g/mol. The summed E-state index contributed by atoms with van der Waals surface area (Å²) in [6.45, 7) is 5.87. The molecule has 1 aliphatic rings. The van der Waals surface area contributed by atoms with Crippen LogP contribution in [0.5, 0.6) is 0 Å². The maximum atomic E-state index is 5.85. The molecule has 1 unspecified atom stereocenters. The van der Waals surface area contributed by atoms with E-state index < -0.39 is 0 Å². The molecule has 1 aliphatic heterocycles. The van der Waals surface area contributed by atoms with E-state index in [0.29, 0.717) is 12.6 Å². The van der Waals surface area contributed by atoms with Gasteiger partial charge in [-0.2, -0.15) is 0 Å². The van der Waals surface area contributed by atoms with Gasteiger partial charge < -0.3 is 10.6 Å². The van der Waals surface area contributed by atoms with E-state index >= 15 is 0 Å². The Labute approximate surface area is 103 Å². The van der Waals surface area contributed by atoms with Gasteiger partial charge in [-0.25, -0.2) is 9.97 Å². The summed E-state index contributed by atoms with van der Waals surface area (Å²) in [7, 11) is 0. The van der Waals surface area contributed by atoms with Gasteiger partial charge >= 0.3 is 0 Å². The van der Waals surface area contributed by atoms with Crippen molar-refractivity contribution in [1.29, 1.82) is 0 Å². The Hall–Kier alpha value is -1.16. The Morgan fingerprint density at radius 1 is 1.41 bits per heavy atom. The number of nitrogens with two attached hydrogens (primary N) is 1. The van der Waals surface area contributed by atoms with Crippen LogP contribution in [0.3, 0.4) is 0 Å². The highest BCUT2D eigenvalue weighted by Gasteiger charge is 2.22.